The van der Waals surface area contributed by atoms with Gasteiger partial charge in [0.25, 0.3) is 0 Å². The molecule has 0 saturated carbocycles. The van der Waals surface area contributed by atoms with E-state index in [2.05, 4.69) is 66.0 Å². The van der Waals surface area contributed by atoms with Crippen molar-refractivity contribution in [2.75, 3.05) is 26.8 Å². The topological polar surface area (TPSA) is 21.3 Å². The molecule has 0 aromatic heterocycles. The molecule has 0 spiro atoms. The summed E-state index contributed by atoms with van der Waals surface area (Å²) in [6.45, 7) is 2.63. The van der Waals surface area contributed by atoms with Crippen LogP contribution in [0.1, 0.15) is 17.0 Å². The first-order chi connectivity index (χ1) is 9.90. The van der Waals surface area contributed by atoms with Gasteiger partial charge < -0.3 is 10.1 Å². The molecule has 0 aliphatic heterocycles. The van der Waals surface area contributed by atoms with Crippen LogP contribution in [0, 0.1) is 0 Å². The molecule has 2 nitrogen and oxygen atoms in total. The third kappa shape index (κ3) is 4.80. The Bertz CT molecular complexity index is 469. The minimum absolute atomic E-state index is 0.496. The normalized spacial score (nSPS) is 12.2. The maximum Gasteiger partial charge on any atom is 0.0587 e. The molecule has 1 atom stereocenters. The Morgan fingerprint density at radius 2 is 1.60 bits per heavy atom. The van der Waals surface area contributed by atoms with Crippen LogP contribution in [-0.2, 0) is 11.2 Å². The summed E-state index contributed by atoms with van der Waals surface area (Å²) in [5.41, 5.74) is 2.77. The minimum atomic E-state index is 0.496. The van der Waals surface area contributed by atoms with E-state index in [9.17, 15) is 0 Å². The summed E-state index contributed by atoms with van der Waals surface area (Å²) in [6.07, 6.45) is 1.06. The third-order valence-corrected chi connectivity index (χ3v) is 3.47. The van der Waals surface area contributed by atoms with Crippen molar-refractivity contribution in [2.45, 2.75) is 12.3 Å². The maximum atomic E-state index is 5.09. The molecule has 0 aliphatic carbocycles. The fraction of sp³-hybridized carbons (Fsp3) is 0.333. The van der Waals surface area contributed by atoms with E-state index in [1.165, 1.54) is 11.1 Å². The third-order valence-electron chi connectivity index (χ3n) is 3.47. The van der Waals surface area contributed by atoms with Crippen LogP contribution in [0.4, 0.5) is 0 Å². The lowest BCUT2D eigenvalue weighted by Gasteiger charge is -2.18. The number of methoxy groups -OCH3 is 1. The molecule has 2 rings (SSSR count). The summed E-state index contributed by atoms with van der Waals surface area (Å²) in [6, 6.07) is 21.4. The van der Waals surface area contributed by atoms with Crippen LogP contribution in [-0.4, -0.2) is 26.8 Å². The first-order valence-corrected chi connectivity index (χ1v) is 7.18. The van der Waals surface area contributed by atoms with E-state index in [0.29, 0.717) is 5.92 Å². The Labute approximate surface area is 121 Å². The first kappa shape index (κ1) is 14.8. The molecule has 0 bridgehead atoms. The van der Waals surface area contributed by atoms with Crippen molar-refractivity contribution in [3.63, 3.8) is 0 Å². The molecule has 0 saturated heterocycles. The highest BCUT2D eigenvalue weighted by molar-refractivity contribution is 5.24. The van der Waals surface area contributed by atoms with Crippen molar-refractivity contribution in [3.05, 3.63) is 71.8 Å². The zero-order chi connectivity index (χ0) is 14.0. The van der Waals surface area contributed by atoms with Gasteiger partial charge in [0, 0.05) is 26.1 Å². The molecule has 2 aromatic carbocycles. The van der Waals surface area contributed by atoms with Crippen LogP contribution in [0.15, 0.2) is 60.7 Å². The van der Waals surface area contributed by atoms with Crippen LogP contribution in [0.3, 0.4) is 0 Å². The standard InChI is InChI=1S/C18H23NO/c1-20-13-12-19-15-18(17-10-6-3-7-11-17)14-16-8-4-2-5-9-16/h2-11,18-19H,12-15H2,1H3. The molecule has 106 valence electrons. The number of nitrogens with one attached hydrogen (secondary N) is 1. The Balaban J connectivity index is 2.00. The van der Waals surface area contributed by atoms with E-state index in [0.717, 1.165) is 26.1 Å². The van der Waals surface area contributed by atoms with Gasteiger partial charge in [-0.2, -0.15) is 0 Å². The fourth-order valence-corrected chi connectivity index (χ4v) is 2.38. The second-order valence-electron chi connectivity index (χ2n) is 4.99. The molecule has 0 aliphatic rings. The smallest absolute Gasteiger partial charge is 0.0587 e. The lowest BCUT2D eigenvalue weighted by molar-refractivity contribution is 0.199. The van der Waals surface area contributed by atoms with Crippen LogP contribution in [0.25, 0.3) is 0 Å². The quantitative estimate of drug-likeness (QED) is 0.743. The fourth-order valence-electron chi connectivity index (χ4n) is 2.38. The van der Waals surface area contributed by atoms with Crippen molar-refractivity contribution < 1.29 is 4.74 Å². The number of hydrogen-bond acceptors (Lipinski definition) is 2. The van der Waals surface area contributed by atoms with Crippen LogP contribution in [0.5, 0.6) is 0 Å². The highest BCUT2D eigenvalue weighted by atomic mass is 16.5. The average Bonchev–Trinajstić information content (AvgIpc) is 2.52. The van der Waals surface area contributed by atoms with E-state index < -0.39 is 0 Å². The van der Waals surface area contributed by atoms with Gasteiger partial charge in [0.05, 0.1) is 6.61 Å². The van der Waals surface area contributed by atoms with Crippen molar-refractivity contribution in [3.8, 4) is 0 Å². The lowest BCUT2D eigenvalue weighted by atomic mass is 9.92. The van der Waals surface area contributed by atoms with E-state index in [4.69, 9.17) is 4.74 Å². The van der Waals surface area contributed by atoms with Gasteiger partial charge in [0.1, 0.15) is 0 Å². The number of ether oxygens (including phenoxy) is 1. The van der Waals surface area contributed by atoms with E-state index >= 15 is 0 Å². The summed E-state index contributed by atoms with van der Waals surface area (Å²) in [4.78, 5) is 0. The van der Waals surface area contributed by atoms with Gasteiger partial charge >= 0.3 is 0 Å². The Kier molecular flexibility index (Phi) is 6.28. The predicted octanol–water partition coefficient (Wildman–Crippen LogP) is 3.25. The summed E-state index contributed by atoms with van der Waals surface area (Å²) >= 11 is 0. The van der Waals surface area contributed by atoms with Crippen molar-refractivity contribution in [1.29, 1.82) is 0 Å². The van der Waals surface area contributed by atoms with E-state index in [1.807, 2.05) is 0 Å². The second-order valence-corrected chi connectivity index (χ2v) is 4.99. The first-order valence-electron chi connectivity index (χ1n) is 7.18. The highest BCUT2D eigenvalue weighted by Gasteiger charge is 2.11. The SMILES string of the molecule is COCCNCC(Cc1ccccc1)c1ccccc1. The molecule has 20 heavy (non-hydrogen) atoms. The van der Waals surface area contributed by atoms with E-state index in [1.54, 1.807) is 7.11 Å². The molecule has 1 N–H and O–H groups in total. The zero-order valence-electron chi connectivity index (χ0n) is 12.1. The zero-order valence-corrected chi connectivity index (χ0v) is 12.1. The summed E-state index contributed by atoms with van der Waals surface area (Å²) < 4.78 is 5.09. The number of hydrogen-bond donors (Lipinski definition) is 1. The predicted molar refractivity (Wildman–Crippen MR) is 84.1 cm³/mol. The maximum absolute atomic E-state index is 5.09. The van der Waals surface area contributed by atoms with Gasteiger partial charge in [-0.25, -0.2) is 0 Å². The van der Waals surface area contributed by atoms with Gasteiger partial charge in [-0.15, -0.1) is 0 Å². The molecule has 1 unspecified atom stereocenters. The highest BCUT2D eigenvalue weighted by Crippen LogP contribution is 2.20. The average molecular weight is 269 g/mol. The van der Waals surface area contributed by atoms with Gasteiger partial charge in [0.15, 0.2) is 0 Å². The summed E-state index contributed by atoms with van der Waals surface area (Å²) in [7, 11) is 1.74. The molecular weight excluding hydrogens is 246 g/mol. The summed E-state index contributed by atoms with van der Waals surface area (Å²) in [5, 5.41) is 3.48. The monoisotopic (exact) mass is 269 g/mol. The Morgan fingerprint density at radius 1 is 0.950 bits per heavy atom. The lowest BCUT2D eigenvalue weighted by Crippen LogP contribution is -2.26. The largest absolute Gasteiger partial charge is 0.383 e. The van der Waals surface area contributed by atoms with Gasteiger partial charge in [0.2, 0.25) is 0 Å². The van der Waals surface area contributed by atoms with Crippen LogP contribution >= 0.6 is 0 Å². The van der Waals surface area contributed by atoms with Gasteiger partial charge in [-0.3, -0.25) is 0 Å². The van der Waals surface area contributed by atoms with Crippen LogP contribution in [0.2, 0.25) is 0 Å². The van der Waals surface area contributed by atoms with E-state index in [-0.39, 0.29) is 0 Å². The Morgan fingerprint density at radius 3 is 2.25 bits per heavy atom. The molecule has 0 radical (unpaired) electrons. The Hall–Kier alpha value is -1.64. The van der Waals surface area contributed by atoms with Gasteiger partial charge in [-0.1, -0.05) is 60.7 Å². The van der Waals surface area contributed by atoms with Gasteiger partial charge in [-0.05, 0) is 17.5 Å². The molecular formula is C18H23NO. The van der Waals surface area contributed by atoms with Crippen molar-refractivity contribution in [1.82, 2.24) is 5.32 Å². The second kappa shape index (κ2) is 8.51. The molecule has 2 heteroatoms. The summed E-state index contributed by atoms with van der Waals surface area (Å²) in [5.74, 6) is 0.496. The van der Waals surface area contributed by atoms with Crippen LogP contribution < -0.4 is 5.32 Å². The van der Waals surface area contributed by atoms with Crippen molar-refractivity contribution in [2.24, 2.45) is 0 Å². The molecule has 0 fully saturated rings. The molecule has 2 aromatic rings. The molecule has 0 amide bonds. The number of benzene rings is 2. The van der Waals surface area contributed by atoms with Crippen molar-refractivity contribution >= 4 is 0 Å². The minimum Gasteiger partial charge on any atom is -0.383 e. The molecule has 0 heterocycles. The number of rotatable bonds is 8.